The number of thiophene rings is 1. The summed E-state index contributed by atoms with van der Waals surface area (Å²) in [5, 5.41) is 4.12. The molecule has 2 rings (SSSR count). The number of nitrogens with two attached hydrogens (primary N) is 1. The molecule has 0 aliphatic carbocycles. The van der Waals surface area contributed by atoms with E-state index in [1.807, 2.05) is 29.6 Å². The van der Waals surface area contributed by atoms with Crippen molar-refractivity contribution in [1.29, 1.82) is 0 Å². The summed E-state index contributed by atoms with van der Waals surface area (Å²) in [5.41, 5.74) is 5.01. The Bertz CT molecular complexity index is 488. The molecule has 0 amide bonds. The molecule has 0 saturated heterocycles. The number of hydrogen-bond acceptors (Lipinski definition) is 5. The fourth-order valence-corrected chi connectivity index (χ4v) is 2.58. The molecule has 4 nitrogen and oxygen atoms in total. The standard InChI is InChI=1S/C14H18N2O2S/c1-17-7-8-18-13-5-3-2-4-12(13)14(16-15)11-6-9-19-10-11/h2-6,9-10,14,16H,7-8,15H2,1H3. The van der Waals surface area contributed by atoms with Gasteiger partial charge in [0.2, 0.25) is 0 Å². The van der Waals surface area contributed by atoms with Crippen molar-refractivity contribution in [3.63, 3.8) is 0 Å². The first-order valence-electron chi connectivity index (χ1n) is 6.05. The Morgan fingerprint density at radius 3 is 2.79 bits per heavy atom. The number of ether oxygens (including phenoxy) is 2. The summed E-state index contributed by atoms with van der Waals surface area (Å²) in [5.74, 6) is 6.52. The quantitative estimate of drug-likeness (QED) is 0.463. The van der Waals surface area contributed by atoms with E-state index >= 15 is 0 Å². The molecule has 3 N–H and O–H groups in total. The molecule has 0 spiro atoms. The van der Waals surface area contributed by atoms with Crippen molar-refractivity contribution in [1.82, 2.24) is 5.43 Å². The summed E-state index contributed by atoms with van der Waals surface area (Å²) in [7, 11) is 1.66. The molecule has 0 aliphatic heterocycles. The maximum atomic E-state index is 5.74. The van der Waals surface area contributed by atoms with E-state index in [9.17, 15) is 0 Å². The highest BCUT2D eigenvalue weighted by Gasteiger charge is 2.17. The minimum absolute atomic E-state index is 0.0648. The van der Waals surface area contributed by atoms with Crippen LogP contribution in [-0.2, 0) is 4.74 Å². The number of hydrazine groups is 1. The minimum Gasteiger partial charge on any atom is -0.491 e. The number of rotatable bonds is 7. The summed E-state index contributed by atoms with van der Waals surface area (Å²) in [6.07, 6.45) is 0. The highest BCUT2D eigenvalue weighted by atomic mass is 32.1. The molecule has 1 heterocycles. The van der Waals surface area contributed by atoms with Crippen molar-refractivity contribution in [3.05, 3.63) is 52.2 Å². The molecule has 0 saturated carbocycles. The van der Waals surface area contributed by atoms with E-state index in [1.54, 1.807) is 18.4 Å². The first-order chi connectivity index (χ1) is 9.36. The number of methoxy groups -OCH3 is 1. The van der Waals surface area contributed by atoms with Gasteiger partial charge in [-0.05, 0) is 28.5 Å². The van der Waals surface area contributed by atoms with E-state index < -0.39 is 0 Å². The Labute approximate surface area is 117 Å². The Morgan fingerprint density at radius 2 is 2.11 bits per heavy atom. The second-order valence-corrected chi connectivity index (χ2v) is 4.82. The Morgan fingerprint density at radius 1 is 1.26 bits per heavy atom. The van der Waals surface area contributed by atoms with Gasteiger partial charge in [-0.3, -0.25) is 5.84 Å². The molecule has 0 bridgehead atoms. The first-order valence-corrected chi connectivity index (χ1v) is 7.00. The SMILES string of the molecule is COCCOc1ccccc1C(NN)c1ccsc1. The summed E-state index contributed by atoms with van der Waals surface area (Å²) in [6, 6.07) is 9.89. The molecule has 1 aromatic heterocycles. The van der Waals surface area contributed by atoms with Gasteiger partial charge in [0.1, 0.15) is 12.4 Å². The molecule has 2 aromatic rings. The monoisotopic (exact) mass is 278 g/mol. The van der Waals surface area contributed by atoms with Gasteiger partial charge in [-0.15, -0.1) is 0 Å². The van der Waals surface area contributed by atoms with E-state index in [2.05, 4.69) is 16.9 Å². The molecule has 19 heavy (non-hydrogen) atoms. The number of benzene rings is 1. The van der Waals surface area contributed by atoms with Gasteiger partial charge >= 0.3 is 0 Å². The zero-order chi connectivity index (χ0) is 13.5. The number of para-hydroxylation sites is 1. The van der Waals surface area contributed by atoms with Crippen LogP contribution in [0.5, 0.6) is 5.75 Å². The van der Waals surface area contributed by atoms with E-state index in [-0.39, 0.29) is 6.04 Å². The average Bonchev–Trinajstić information content (AvgIpc) is 2.96. The third-order valence-electron chi connectivity index (χ3n) is 2.82. The molecular formula is C14H18N2O2S. The second kappa shape index (κ2) is 7.25. The lowest BCUT2D eigenvalue weighted by Crippen LogP contribution is -2.29. The lowest BCUT2D eigenvalue weighted by molar-refractivity contribution is 0.145. The first kappa shape index (κ1) is 14.0. The van der Waals surface area contributed by atoms with E-state index in [0.29, 0.717) is 13.2 Å². The number of nitrogens with one attached hydrogen (secondary N) is 1. The minimum atomic E-state index is -0.0648. The van der Waals surface area contributed by atoms with Crippen LogP contribution in [0.3, 0.4) is 0 Å². The zero-order valence-corrected chi connectivity index (χ0v) is 11.7. The lowest BCUT2D eigenvalue weighted by Gasteiger charge is -2.19. The lowest BCUT2D eigenvalue weighted by atomic mass is 10.0. The van der Waals surface area contributed by atoms with Crippen LogP contribution in [0.4, 0.5) is 0 Å². The molecule has 1 aromatic carbocycles. The van der Waals surface area contributed by atoms with Crippen LogP contribution in [0.25, 0.3) is 0 Å². The third kappa shape index (κ3) is 3.54. The van der Waals surface area contributed by atoms with Gasteiger partial charge in [-0.2, -0.15) is 11.3 Å². The van der Waals surface area contributed by atoms with Crippen LogP contribution in [0.15, 0.2) is 41.1 Å². The van der Waals surface area contributed by atoms with Crippen molar-refractivity contribution < 1.29 is 9.47 Å². The van der Waals surface area contributed by atoms with Gasteiger partial charge in [-0.1, -0.05) is 18.2 Å². The van der Waals surface area contributed by atoms with Crippen LogP contribution in [0.2, 0.25) is 0 Å². The maximum Gasteiger partial charge on any atom is 0.124 e. The maximum absolute atomic E-state index is 5.74. The van der Waals surface area contributed by atoms with Crippen LogP contribution in [0.1, 0.15) is 17.2 Å². The van der Waals surface area contributed by atoms with E-state index in [4.69, 9.17) is 15.3 Å². The number of hydrogen-bond donors (Lipinski definition) is 2. The van der Waals surface area contributed by atoms with Crippen LogP contribution in [0, 0.1) is 0 Å². The van der Waals surface area contributed by atoms with Gasteiger partial charge in [0.05, 0.1) is 12.6 Å². The fourth-order valence-electron chi connectivity index (χ4n) is 1.89. The average molecular weight is 278 g/mol. The van der Waals surface area contributed by atoms with Crippen LogP contribution >= 0.6 is 11.3 Å². The zero-order valence-electron chi connectivity index (χ0n) is 10.8. The molecule has 0 fully saturated rings. The Kier molecular flexibility index (Phi) is 5.35. The van der Waals surface area contributed by atoms with Crippen molar-refractivity contribution in [3.8, 4) is 5.75 Å². The highest BCUT2D eigenvalue weighted by molar-refractivity contribution is 7.08. The molecular weight excluding hydrogens is 260 g/mol. The largest absolute Gasteiger partial charge is 0.491 e. The van der Waals surface area contributed by atoms with Gasteiger partial charge in [-0.25, -0.2) is 5.43 Å². The molecule has 102 valence electrons. The molecule has 1 atom stereocenters. The van der Waals surface area contributed by atoms with Crippen LogP contribution in [-0.4, -0.2) is 20.3 Å². The molecule has 0 aliphatic rings. The smallest absolute Gasteiger partial charge is 0.124 e. The van der Waals surface area contributed by atoms with Gasteiger partial charge in [0, 0.05) is 12.7 Å². The van der Waals surface area contributed by atoms with Crippen molar-refractivity contribution in [2.45, 2.75) is 6.04 Å². The van der Waals surface area contributed by atoms with Gasteiger partial charge in [0.15, 0.2) is 0 Å². The summed E-state index contributed by atoms with van der Waals surface area (Å²) in [4.78, 5) is 0. The molecule has 5 heteroatoms. The molecule has 1 unspecified atom stereocenters. The summed E-state index contributed by atoms with van der Waals surface area (Å²) < 4.78 is 10.7. The fraction of sp³-hybridized carbons (Fsp3) is 0.286. The Hall–Kier alpha value is -1.40. The van der Waals surface area contributed by atoms with Crippen molar-refractivity contribution >= 4 is 11.3 Å². The Balaban J connectivity index is 2.22. The topological polar surface area (TPSA) is 56.5 Å². The third-order valence-corrected chi connectivity index (χ3v) is 3.52. The predicted molar refractivity (Wildman–Crippen MR) is 77.3 cm³/mol. The predicted octanol–water partition coefficient (Wildman–Crippen LogP) is 2.33. The van der Waals surface area contributed by atoms with Gasteiger partial charge < -0.3 is 9.47 Å². The van der Waals surface area contributed by atoms with Crippen molar-refractivity contribution in [2.75, 3.05) is 20.3 Å². The van der Waals surface area contributed by atoms with E-state index in [1.165, 1.54) is 0 Å². The van der Waals surface area contributed by atoms with Gasteiger partial charge in [0.25, 0.3) is 0 Å². The van der Waals surface area contributed by atoms with E-state index in [0.717, 1.165) is 16.9 Å². The summed E-state index contributed by atoms with van der Waals surface area (Å²) >= 11 is 1.65. The molecule has 0 radical (unpaired) electrons. The normalized spacial score (nSPS) is 12.3. The van der Waals surface area contributed by atoms with Crippen LogP contribution < -0.4 is 16.0 Å². The second-order valence-electron chi connectivity index (χ2n) is 4.04. The van der Waals surface area contributed by atoms with Crippen molar-refractivity contribution in [2.24, 2.45) is 5.84 Å². The summed E-state index contributed by atoms with van der Waals surface area (Å²) in [6.45, 7) is 1.09. The highest BCUT2D eigenvalue weighted by Crippen LogP contribution is 2.30.